The van der Waals surface area contributed by atoms with Crippen LogP contribution in [0, 0.1) is 0 Å². The Labute approximate surface area is 176 Å². The van der Waals surface area contributed by atoms with Crippen molar-refractivity contribution in [2.45, 2.75) is 0 Å². The number of amides is 2. The number of nitrogens with two attached hydrogens (primary N) is 1. The molecule has 3 N–H and O–H groups in total. The molecule has 0 spiro atoms. The van der Waals surface area contributed by atoms with Gasteiger partial charge in [-0.3, -0.25) is 24.3 Å². The molecule has 3 aromatic rings. The van der Waals surface area contributed by atoms with Gasteiger partial charge in [-0.2, -0.15) is 0 Å². The summed E-state index contributed by atoms with van der Waals surface area (Å²) in [5.74, 6) is -1.89. The molecule has 0 aliphatic carbocycles. The largest absolute Gasteiger partial charge is 0.465 e. The number of ether oxygens (including phenoxy) is 1. The van der Waals surface area contributed by atoms with Crippen molar-refractivity contribution in [1.82, 2.24) is 9.88 Å². The van der Waals surface area contributed by atoms with Crippen LogP contribution in [-0.4, -0.2) is 29.5 Å². The first kappa shape index (κ1) is 19.8. The van der Waals surface area contributed by atoms with Crippen molar-refractivity contribution >= 4 is 35.3 Å². The monoisotopic (exact) mass is 415 g/mol. The van der Waals surface area contributed by atoms with Gasteiger partial charge in [0.15, 0.2) is 0 Å². The van der Waals surface area contributed by atoms with Crippen LogP contribution >= 0.6 is 0 Å². The summed E-state index contributed by atoms with van der Waals surface area (Å²) >= 11 is 0. The Morgan fingerprint density at radius 3 is 2.32 bits per heavy atom. The van der Waals surface area contributed by atoms with Gasteiger partial charge in [-0.05, 0) is 29.3 Å². The van der Waals surface area contributed by atoms with Gasteiger partial charge >= 0.3 is 5.97 Å². The summed E-state index contributed by atoms with van der Waals surface area (Å²) in [5, 5.41) is 2.13. The lowest BCUT2D eigenvalue weighted by atomic mass is 10.0. The van der Waals surface area contributed by atoms with Gasteiger partial charge in [-0.25, -0.2) is 4.79 Å². The molecule has 154 valence electrons. The minimum absolute atomic E-state index is 0.0226. The third-order valence-corrected chi connectivity index (χ3v) is 4.91. The van der Waals surface area contributed by atoms with Crippen LogP contribution in [-0.2, 0) is 9.53 Å². The van der Waals surface area contributed by atoms with E-state index in [0.717, 1.165) is 10.6 Å². The molecule has 8 nitrogen and oxygen atoms in total. The summed E-state index contributed by atoms with van der Waals surface area (Å²) in [4.78, 5) is 48.6. The number of pyridine rings is 1. The van der Waals surface area contributed by atoms with Gasteiger partial charge in [-0.1, -0.05) is 42.5 Å². The van der Waals surface area contributed by atoms with Crippen molar-refractivity contribution in [3.63, 3.8) is 0 Å². The van der Waals surface area contributed by atoms with Crippen LogP contribution in [0.25, 0.3) is 17.3 Å². The molecular weight excluding hydrogens is 398 g/mol. The fourth-order valence-electron chi connectivity index (χ4n) is 3.42. The molecule has 2 heterocycles. The molecule has 1 aliphatic rings. The molecule has 0 bridgehead atoms. The van der Waals surface area contributed by atoms with E-state index < -0.39 is 23.3 Å². The molecule has 0 saturated carbocycles. The van der Waals surface area contributed by atoms with Crippen molar-refractivity contribution in [1.29, 1.82) is 0 Å². The molecule has 1 aromatic heterocycles. The van der Waals surface area contributed by atoms with E-state index in [-0.39, 0.29) is 16.9 Å². The Balaban J connectivity index is 1.76. The number of nitrogen functional groups attached to an aromatic ring is 1. The lowest BCUT2D eigenvalue weighted by Gasteiger charge is -2.12. The summed E-state index contributed by atoms with van der Waals surface area (Å²) in [6.45, 7) is 0. The molecule has 2 amide bonds. The standard InChI is InChI=1S/C23H17N3O5/c1-31-23(30)16(14-5-3-2-4-6-14)11-13-7-9-15(10-8-13)26-18(27)12-17-19(20(26)24)22(29)25-21(17)28/h2-12H,24H2,1H3,(H,25,28,29). The number of methoxy groups -OCH3 is 1. The quantitative estimate of drug-likeness (QED) is 0.291. The number of benzene rings is 2. The average Bonchev–Trinajstić information content (AvgIpc) is 3.06. The third kappa shape index (κ3) is 3.51. The maximum absolute atomic E-state index is 12.5. The van der Waals surface area contributed by atoms with Crippen LogP contribution in [0.1, 0.15) is 31.8 Å². The topological polar surface area (TPSA) is 120 Å². The van der Waals surface area contributed by atoms with Crippen molar-refractivity contribution in [3.05, 3.63) is 93.3 Å². The van der Waals surface area contributed by atoms with Gasteiger partial charge in [0.25, 0.3) is 17.4 Å². The molecule has 4 rings (SSSR count). The third-order valence-electron chi connectivity index (χ3n) is 4.91. The number of fused-ring (bicyclic) bond motifs is 1. The minimum Gasteiger partial charge on any atom is -0.465 e. The number of carbonyl (C=O) groups excluding carboxylic acids is 3. The number of carbonyl (C=O) groups is 3. The van der Waals surface area contributed by atoms with Crippen LogP contribution in [0.3, 0.4) is 0 Å². The zero-order chi connectivity index (χ0) is 22.1. The first-order valence-corrected chi connectivity index (χ1v) is 9.28. The molecule has 0 atom stereocenters. The molecule has 8 heteroatoms. The van der Waals surface area contributed by atoms with E-state index in [0.29, 0.717) is 22.4 Å². The molecule has 31 heavy (non-hydrogen) atoms. The van der Waals surface area contributed by atoms with Crippen LogP contribution in [0.4, 0.5) is 5.82 Å². The average molecular weight is 415 g/mol. The van der Waals surface area contributed by atoms with Crippen molar-refractivity contribution in [2.75, 3.05) is 12.8 Å². The fourth-order valence-corrected chi connectivity index (χ4v) is 3.42. The Morgan fingerprint density at radius 1 is 1.00 bits per heavy atom. The number of esters is 1. The van der Waals surface area contributed by atoms with Crippen LogP contribution in [0.2, 0.25) is 0 Å². The van der Waals surface area contributed by atoms with E-state index in [1.807, 2.05) is 18.2 Å². The maximum Gasteiger partial charge on any atom is 0.338 e. The zero-order valence-corrected chi connectivity index (χ0v) is 16.4. The summed E-state index contributed by atoms with van der Waals surface area (Å²) < 4.78 is 6.05. The molecule has 0 fully saturated rings. The second-order valence-corrected chi connectivity index (χ2v) is 6.78. The highest BCUT2D eigenvalue weighted by Gasteiger charge is 2.31. The number of imide groups is 1. The van der Waals surface area contributed by atoms with Crippen molar-refractivity contribution < 1.29 is 19.1 Å². The minimum atomic E-state index is -0.646. The van der Waals surface area contributed by atoms with E-state index >= 15 is 0 Å². The van der Waals surface area contributed by atoms with Crippen LogP contribution in [0.5, 0.6) is 0 Å². The number of rotatable bonds is 4. The number of aromatic nitrogens is 1. The summed E-state index contributed by atoms with van der Waals surface area (Å²) in [7, 11) is 1.31. The highest BCUT2D eigenvalue weighted by molar-refractivity contribution is 6.23. The van der Waals surface area contributed by atoms with Crippen LogP contribution in [0.15, 0.2) is 65.5 Å². The molecule has 0 saturated heterocycles. The molecule has 2 aromatic carbocycles. The Hall–Kier alpha value is -4.46. The molecule has 1 aliphatic heterocycles. The summed E-state index contributed by atoms with van der Waals surface area (Å²) in [6.07, 6.45) is 1.67. The molecule has 0 radical (unpaired) electrons. The number of nitrogens with zero attached hydrogens (tertiary/aromatic N) is 1. The van der Waals surface area contributed by atoms with Gasteiger partial charge in [-0.15, -0.1) is 0 Å². The smallest absolute Gasteiger partial charge is 0.338 e. The van der Waals surface area contributed by atoms with Gasteiger partial charge in [0.05, 0.1) is 29.5 Å². The van der Waals surface area contributed by atoms with Gasteiger partial charge in [0.2, 0.25) is 0 Å². The maximum atomic E-state index is 12.5. The van der Waals surface area contributed by atoms with E-state index in [2.05, 4.69) is 5.32 Å². The number of hydrogen-bond donors (Lipinski definition) is 2. The lowest BCUT2D eigenvalue weighted by Crippen LogP contribution is -2.24. The van der Waals surface area contributed by atoms with Gasteiger partial charge in [0, 0.05) is 6.07 Å². The highest BCUT2D eigenvalue weighted by atomic mass is 16.5. The van der Waals surface area contributed by atoms with Crippen molar-refractivity contribution in [3.8, 4) is 5.69 Å². The first-order chi connectivity index (χ1) is 14.9. The Morgan fingerprint density at radius 2 is 1.68 bits per heavy atom. The number of hydrogen-bond acceptors (Lipinski definition) is 6. The highest BCUT2D eigenvalue weighted by Crippen LogP contribution is 2.24. The van der Waals surface area contributed by atoms with E-state index in [1.165, 1.54) is 7.11 Å². The predicted molar refractivity (Wildman–Crippen MR) is 115 cm³/mol. The van der Waals surface area contributed by atoms with Gasteiger partial charge < -0.3 is 10.5 Å². The lowest BCUT2D eigenvalue weighted by molar-refractivity contribution is -0.133. The van der Waals surface area contributed by atoms with E-state index in [9.17, 15) is 19.2 Å². The molecular formula is C23H17N3O5. The number of anilines is 1. The predicted octanol–water partition coefficient (Wildman–Crippen LogP) is 2.02. The normalized spacial score (nSPS) is 13.0. The van der Waals surface area contributed by atoms with E-state index in [1.54, 1.807) is 42.5 Å². The molecule has 0 unspecified atom stereocenters. The summed E-state index contributed by atoms with van der Waals surface area (Å²) in [6, 6.07) is 16.8. The fraction of sp³-hybridized carbons (Fsp3) is 0.0435. The van der Waals surface area contributed by atoms with Gasteiger partial charge in [0.1, 0.15) is 5.82 Å². The summed E-state index contributed by atoms with van der Waals surface area (Å²) in [5.41, 5.74) is 7.63. The first-order valence-electron chi connectivity index (χ1n) is 9.28. The van der Waals surface area contributed by atoms with Crippen molar-refractivity contribution in [2.24, 2.45) is 0 Å². The SMILES string of the molecule is COC(=O)C(=Cc1ccc(-n2c(N)c3c(cc2=O)C(=O)NC3=O)cc1)c1ccccc1. The number of nitrogens with one attached hydrogen (secondary N) is 1. The zero-order valence-electron chi connectivity index (χ0n) is 16.4. The second-order valence-electron chi connectivity index (χ2n) is 6.78. The Bertz CT molecular complexity index is 1310. The van der Waals surface area contributed by atoms with E-state index in [4.69, 9.17) is 10.5 Å². The Kier molecular flexibility index (Phi) is 4.96. The second kappa shape index (κ2) is 7.75. The van der Waals surface area contributed by atoms with Crippen LogP contribution < -0.4 is 16.6 Å².